The predicted molar refractivity (Wildman–Crippen MR) is 91.6 cm³/mol. The standard InChI is InChI=1S/C19H19NO5/c1-12-16(19(22)23)10-15(25-12)11-20(2)18(21)6-4-13-3-5-17-14(9-13)7-8-24-17/h3-6,9-10H,7-8,11H2,1-2H3,(H,22,23). The fourth-order valence-electron chi connectivity index (χ4n) is 2.75. The molecule has 0 radical (unpaired) electrons. The lowest BCUT2D eigenvalue weighted by atomic mass is 10.1. The zero-order valence-electron chi connectivity index (χ0n) is 14.1. The number of furan rings is 1. The number of hydrogen-bond donors (Lipinski definition) is 1. The minimum Gasteiger partial charge on any atom is -0.493 e. The first kappa shape index (κ1) is 16.8. The normalized spacial score (nSPS) is 12.9. The molecule has 0 spiro atoms. The van der Waals surface area contributed by atoms with Crippen LogP contribution in [0.4, 0.5) is 0 Å². The van der Waals surface area contributed by atoms with E-state index < -0.39 is 5.97 Å². The van der Waals surface area contributed by atoms with Crippen LogP contribution < -0.4 is 4.74 Å². The summed E-state index contributed by atoms with van der Waals surface area (Å²) in [6, 6.07) is 7.28. The summed E-state index contributed by atoms with van der Waals surface area (Å²) in [5, 5.41) is 9.04. The highest BCUT2D eigenvalue weighted by Gasteiger charge is 2.16. The number of carboxylic acids is 1. The summed E-state index contributed by atoms with van der Waals surface area (Å²) in [5.74, 6) is 0.445. The highest BCUT2D eigenvalue weighted by Crippen LogP contribution is 2.26. The first-order valence-corrected chi connectivity index (χ1v) is 7.95. The maximum Gasteiger partial charge on any atom is 0.339 e. The van der Waals surface area contributed by atoms with Crippen molar-refractivity contribution in [3.63, 3.8) is 0 Å². The monoisotopic (exact) mass is 341 g/mol. The highest BCUT2D eigenvalue weighted by molar-refractivity contribution is 5.92. The van der Waals surface area contributed by atoms with E-state index in [-0.39, 0.29) is 18.0 Å². The summed E-state index contributed by atoms with van der Waals surface area (Å²) in [5.41, 5.74) is 2.20. The molecule has 1 aliphatic heterocycles. The number of carbonyl (C=O) groups is 2. The van der Waals surface area contributed by atoms with E-state index in [0.29, 0.717) is 18.1 Å². The maximum atomic E-state index is 12.2. The molecule has 1 aliphatic rings. The number of carbonyl (C=O) groups excluding carboxylic acids is 1. The molecule has 0 bridgehead atoms. The van der Waals surface area contributed by atoms with Crippen LogP contribution in [-0.4, -0.2) is 35.5 Å². The number of amides is 1. The van der Waals surface area contributed by atoms with Gasteiger partial charge in [0.15, 0.2) is 0 Å². The molecule has 130 valence electrons. The van der Waals surface area contributed by atoms with E-state index in [1.807, 2.05) is 18.2 Å². The van der Waals surface area contributed by atoms with E-state index in [9.17, 15) is 9.59 Å². The topological polar surface area (TPSA) is 80.0 Å². The zero-order chi connectivity index (χ0) is 18.0. The van der Waals surface area contributed by atoms with Gasteiger partial charge in [0.05, 0.1) is 13.2 Å². The second-order valence-corrected chi connectivity index (χ2v) is 5.98. The van der Waals surface area contributed by atoms with Crippen LogP contribution in [0, 0.1) is 6.92 Å². The Labute approximate surface area is 145 Å². The van der Waals surface area contributed by atoms with Gasteiger partial charge >= 0.3 is 5.97 Å². The number of fused-ring (bicyclic) bond motifs is 1. The maximum absolute atomic E-state index is 12.2. The van der Waals surface area contributed by atoms with Gasteiger partial charge in [0.1, 0.15) is 22.8 Å². The number of likely N-dealkylation sites (N-methyl/N-ethyl adjacent to an activating group) is 1. The number of hydrogen-bond acceptors (Lipinski definition) is 4. The second-order valence-electron chi connectivity index (χ2n) is 5.98. The van der Waals surface area contributed by atoms with Gasteiger partial charge in [0.25, 0.3) is 0 Å². The third-order valence-electron chi connectivity index (χ3n) is 4.10. The third kappa shape index (κ3) is 3.74. The summed E-state index contributed by atoms with van der Waals surface area (Å²) in [4.78, 5) is 24.7. The fourth-order valence-corrected chi connectivity index (χ4v) is 2.75. The smallest absolute Gasteiger partial charge is 0.339 e. The minimum absolute atomic E-state index is 0.117. The number of nitrogens with zero attached hydrogens (tertiary/aromatic N) is 1. The average Bonchev–Trinajstić information content (AvgIpc) is 3.18. The fraction of sp³-hybridized carbons (Fsp3) is 0.263. The van der Waals surface area contributed by atoms with Crippen molar-refractivity contribution in [3.8, 4) is 5.75 Å². The molecule has 6 nitrogen and oxygen atoms in total. The van der Waals surface area contributed by atoms with E-state index in [2.05, 4.69) is 0 Å². The van der Waals surface area contributed by atoms with E-state index in [4.69, 9.17) is 14.3 Å². The van der Waals surface area contributed by atoms with E-state index in [1.165, 1.54) is 17.0 Å². The van der Waals surface area contributed by atoms with Crippen molar-refractivity contribution in [1.29, 1.82) is 0 Å². The molecule has 1 amide bonds. The number of benzene rings is 1. The predicted octanol–water partition coefficient (Wildman–Crippen LogP) is 2.89. The van der Waals surface area contributed by atoms with Gasteiger partial charge in [-0.3, -0.25) is 4.79 Å². The van der Waals surface area contributed by atoms with Gasteiger partial charge in [-0.05, 0) is 42.3 Å². The zero-order valence-corrected chi connectivity index (χ0v) is 14.1. The van der Waals surface area contributed by atoms with Crippen molar-refractivity contribution >= 4 is 18.0 Å². The summed E-state index contributed by atoms with van der Waals surface area (Å²) >= 11 is 0. The highest BCUT2D eigenvalue weighted by atomic mass is 16.5. The van der Waals surface area contributed by atoms with E-state index >= 15 is 0 Å². The lowest BCUT2D eigenvalue weighted by Gasteiger charge is -2.13. The van der Waals surface area contributed by atoms with Crippen molar-refractivity contribution in [1.82, 2.24) is 4.90 Å². The lowest BCUT2D eigenvalue weighted by molar-refractivity contribution is -0.125. The van der Waals surface area contributed by atoms with Crippen LogP contribution in [0.15, 0.2) is 34.8 Å². The van der Waals surface area contributed by atoms with Gasteiger partial charge in [-0.25, -0.2) is 4.79 Å². The molecule has 0 saturated heterocycles. The van der Waals surface area contributed by atoms with Crippen LogP contribution in [0.1, 0.15) is 33.0 Å². The molecule has 1 aromatic heterocycles. The second kappa shape index (κ2) is 6.84. The van der Waals surface area contributed by atoms with Gasteiger partial charge in [0.2, 0.25) is 5.91 Å². The van der Waals surface area contributed by atoms with E-state index in [0.717, 1.165) is 23.3 Å². The average molecular weight is 341 g/mol. The van der Waals surface area contributed by atoms with Crippen molar-refractivity contribution in [3.05, 3.63) is 58.6 Å². The van der Waals surface area contributed by atoms with Crippen LogP contribution in [0.5, 0.6) is 5.75 Å². The lowest BCUT2D eigenvalue weighted by Crippen LogP contribution is -2.23. The molecule has 0 atom stereocenters. The molecule has 2 aromatic rings. The Kier molecular flexibility index (Phi) is 4.61. The van der Waals surface area contributed by atoms with Gasteiger partial charge in [-0.1, -0.05) is 6.07 Å². The van der Waals surface area contributed by atoms with Gasteiger partial charge in [-0.15, -0.1) is 0 Å². The largest absolute Gasteiger partial charge is 0.493 e. The third-order valence-corrected chi connectivity index (χ3v) is 4.10. The minimum atomic E-state index is -1.04. The number of ether oxygens (including phenoxy) is 1. The molecule has 6 heteroatoms. The Bertz CT molecular complexity index is 849. The molecule has 1 N–H and O–H groups in total. The molecular weight excluding hydrogens is 322 g/mol. The molecule has 0 saturated carbocycles. The summed E-state index contributed by atoms with van der Waals surface area (Å²) in [7, 11) is 1.64. The van der Waals surface area contributed by atoms with Crippen LogP contribution in [0.25, 0.3) is 6.08 Å². The Morgan fingerprint density at radius 1 is 1.32 bits per heavy atom. The number of carboxylic acid groups (broad SMARTS) is 1. The van der Waals surface area contributed by atoms with Gasteiger partial charge in [-0.2, -0.15) is 0 Å². The van der Waals surface area contributed by atoms with Crippen LogP contribution in [0.3, 0.4) is 0 Å². The molecule has 2 heterocycles. The Morgan fingerprint density at radius 3 is 2.84 bits per heavy atom. The van der Waals surface area contributed by atoms with Crippen molar-refractivity contribution < 1.29 is 23.8 Å². The Hall–Kier alpha value is -3.02. The quantitative estimate of drug-likeness (QED) is 0.846. The first-order chi connectivity index (χ1) is 11.9. The molecule has 1 aromatic carbocycles. The molecule has 25 heavy (non-hydrogen) atoms. The van der Waals surface area contributed by atoms with Crippen molar-refractivity contribution in [2.45, 2.75) is 19.9 Å². The molecule has 0 fully saturated rings. The van der Waals surface area contributed by atoms with Crippen LogP contribution in [-0.2, 0) is 17.8 Å². The van der Waals surface area contributed by atoms with Crippen molar-refractivity contribution in [2.24, 2.45) is 0 Å². The molecule has 3 rings (SSSR count). The SMILES string of the molecule is Cc1oc(CN(C)C(=O)C=Cc2ccc3c(c2)CCO3)cc1C(=O)O. The molecule has 0 aliphatic carbocycles. The Balaban J connectivity index is 1.64. The van der Waals surface area contributed by atoms with Crippen LogP contribution in [0.2, 0.25) is 0 Å². The molecule has 0 unspecified atom stereocenters. The number of aromatic carboxylic acids is 1. The summed E-state index contributed by atoms with van der Waals surface area (Å²) < 4.78 is 10.9. The van der Waals surface area contributed by atoms with Gasteiger partial charge in [0, 0.05) is 19.5 Å². The summed E-state index contributed by atoms with van der Waals surface area (Å²) in [6.45, 7) is 2.49. The number of rotatable bonds is 5. The first-order valence-electron chi connectivity index (χ1n) is 7.95. The number of aryl methyl sites for hydroxylation is 1. The van der Waals surface area contributed by atoms with Gasteiger partial charge < -0.3 is 19.2 Å². The summed E-state index contributed by atoms with van der Waals surface area (Å²) in [6.07, 6.45) is 4.13. The van der Waals surface area contributed by atoms with Crippen LogP contribution >= 0.6 is 0 Å². The Morgan fingerprint density at radius 2 is 2.12 bits per heavy atom. The molecular formula is C19H19NO5. The van der Waals surface area contributed by atoms with E-state index in [1.54, 1.807) is 20.0 Å². The van der Waals surface area contributed by atoms with Crippen molar-refractivity contribution in [2.75, 3.05) is 13.7 Å².